The summed E-state index contributed by atoms with van der Waals surface area (Å²) in [4.78, 5) is 13.0. The molecule has 146 valence electrons. The van der Waals surface area contributed by atoms with Gasteiger partial charge in [-0.15, -0.1) is 0 Å². The minimum atomic E-state index is -3.67. The summed E-state index contributed by atoms with van der Waals surface area (Å²) < 4.78 is 31.3. The molecule has 0 spiro atoms. The molecule has 0 saturated carbocycles. The summed E-state index contributed by atoms with van der Waals surface area (Å²) in [7, 11) is -2.14. The van der Waals surface area contributed by atoms with E-state index >= 15 is 0 Å². The van der Waals surface area contributed by atoms with Crippen LogP contribution in [0.2, 0.25) is 0 Å². The van der Waals surface area contributed by atoms with E-state index < -0.39 is 16.1 Å². The van der Waals surface area contributed by atoms with Gasteiger partial charge in [-0.1, -0.05) is 25.1 Å². The van der Waals surface area contributed by atoms with Crippen LogP contribution in [-0.2, 0) is 14.8 Å². The van der Waals surface area contributed by atoms with Crippen molar-refractivity contribution in [3.05, 3.63) is 53.6 Å². The summed E-state index contributed by atoms with van der Waals surface area (Å²) in [6.07, 6.45) is 1.43. The van der Waals surface area contributed by atoms with E-state index in [9.17, 15) is 13.2 Å². The number of nitrogens with one attached hydrogen (secondary N) is 1. The Labute approximate surface area is 161 Å². The summed E-state index contributed by atoms with van der Waals surface area (Å²) in [6, 6.07) is 11.5. The van der Waals surface area contributed by atoms with Gasteiger partial charge in [0, 0.05) is 5.69 Å². The highest BCUT2D eigenvalue weighted by Gasteiger charge is 2.31. The molecule has 0 radical (unpaired) electrons. The minimum absolute atomic E-state index is 0.329. The molecule has 2 aromatic carbocycles. The number of hydrogen-bond acceptors (Lipinski definition) is 4. The largest absolute Gasteiger partial charge is 0.497 e. The second-order valence-corrected chi connectivity index (χ2v) is 8.30. The molecule has 2 aromatic rings. The van der Waals surface area contributed by atoms with Gasteiger partial charge < -0.3 is 10.1 Å². The first-order chi connectivity index (χ1) is 12.7. The smallest absolute Gasteiger partial charge is 0.248 e. The molecular weight excluding hydrogens is 364 g/mol. The highest BCUT2D eigenvalue weighted by Crippen LogP contribution is 2.26. The molecule has 0 saturated heterocycles. The fourth-order valence-electron chi connectivity index (χ4n) is 3.01. The maximum Gasteiger partial charge on any atom is 0.248 e. The van der Waals surface area contributed by atoms with Crippen LogP contribution in [0.4, 0.5) is 11.4 Å². The Hall–Kier alpha value is -2.54. The molecule has 7 heteroatoms. The number of methoxy groups -OCH3 is 1. The van der Waals surface area contributed by atoms with Gasteiger partial charge in [-0.25, -0.2) is 8.42 Å². The maximum absolute atomic E-state index is 13.0. The van der Waals surface area contributed by atoms with Crippen molar-refractivity contribution < 1.29 is 17.9 Å². The molecule has 1 N–H and O–H groups in total. The van der Waals surface area contributed by atoms with E-state index in [1.165, 1.54) is 7.11 Å². The van der Waals surface area contributed by atoms with Gasteiger partial charge in [0.1, 0.15) is 11.8 Å². The SMILES string of the molecule is CC[C@@H](C(=O)Nc1c(C)cccc1C)N(c1ccc(OC)cc1)S(C)(=O)=O. The molecule has 0 bridgehead atoms. The second kappa shape index (κ2) is 8.43. The fraction of sp³-hybridized carbons (Fsp3) is 0.350. The quantitative estimate of drug-likeness (QED) is 0.785. The Morgan fingerprint density at radius 1 is 1.11 bits per heavy atom. The van der Waals surface area contributed by atoms with Gasteiger partial charge in [0.15, 0.2) is 0 Å². The molecule has 0 fully saturated rings. The number of rotatable bonds is 7. The topological polar surface area (TPSA) is 75.7 Å². The molecule has 0 heterocycles. The van der Waals surface area contributed by atoms with Crippen LogP contribution in [-0.4, -0.2) is 33.7 Å². The number of anilines is 2. The average molecular weight is 391 g/mol. The number of carbonyl (C=O) groups is 1. The minimum Gasteiger partial charge on any atom is -0.497 e. The Balaban J connectivity index is 2.41. The zero-order valence-corrected chi connectivity index (χ0v) is 17.1. The summed E-state index contributed by atoms with van der Waals surface area (Å²) in [5.74, 6) is 0.247. The molecular formula is C20H26N2O4S. The predicted molar refractivity (Wildman–Crippen MR) is 109 cm³/mol. The fourth-order valence-corrected chi connectivity index (χ4v) is 4.22. The van der Waals surface area contributed by atoms with Gasteiger partial charge >= 0.3 is 0 Å². The van der Waals surface area contributed by atoms with Crippen LogP contribution in [0.3, 0.4) is 0 Å². The van der Waals surface area contributed by atoms with Crippen molar-refractivity contribution in [1.29, 1.82) is 0 Å². The third-order valence-electron chi connectivity index (χ3n) is 4.39. The number of ether oxygens (including phenoxy) is 1. The van der Waals surface area contributed by atoms with Crippen molar-refractivity contribution in [2.75, 3.05) is 23.0 Å². The summed E-state index contributed by atoms with van der Waals surface area (Å²) in [6.45, 7) is 5.60. The Kier molecular flexibility index (Phi) is 6.49. The summed E-state index contributed by atoms with van der Waals surface area (Å²) in [5.41, 5.74) is 2.98. The molecule has 6 nitrogen and oxygen atoms in total. The third kappa shape index (κ3) is 4.80. The van der Waals surface area contributed by atoms with Crippen LogP contribution in [0.1, 0.15) is 24.5 Å². The van der Waals surface area contributed by atoms with Crippen LogP contribution in [0.25, 0.3) is 0 Å². The normalized spacial score (nSPS) is 12.3. The summed E-state index contributed by atoms with van der Waals surface area (Å²) in [5, 5.41) is 2.90. The first-order valence-corrected chi connectivity index (χ1v) is 10.5. The van der Waals surface area contributed by atoms with E-state index in [1.54, 1.807) is 31.2 Å². The molecule has 0 aliphatic carbocycles. The van der Waals surface area contributed by atoms with Crippen LogP contribution < -0.4 is 14.4 Å². The Morgan fingerprint density at radius 2 is 1.67 bits per heavy atom. The Morgan fingerprint density at radius 3 is 2.11 bits per heavy atom. The average Bonchev–Trinajstić information content (AvgIpc) is 2.61. The molecule has 0 unspecified atom stereocenters. The van der Waals surface area contributed by atoms with E-state index in [0.29, 0.717) is 23.5 Å². The first-order valence-electron chi connectivity index (χ1n) is 8.69. The molecule has 0 aliphatic heterocycles. The van der Waals surface area contributed by atoms with Crippen LogP contribution in [0, 0.1) is 13.8 Å². The van der Waals surface area contributed by atoms with Gasteiger partial charge in [-0.05, 0) is 55.7 Å². The first kappa shape index (κ1) is 20.8. The zero-order chi connectivity index (χ0) is 20.2. The van der Waals surface area contributed by atoms with Crippen molar-refractivity contribution in [3.63, 3.8) is 0 Å². The number of para-hydroxylation sites is 1. The number of aryl methyl sites for hydroxylation is 2. The van der Waals surface area contributed by atoms with Crippen LogP contribution in [0.15, 0.2) is 42.5 Å². The second-order valence-electron chi connectivity index (χ2n) is 6.44. The van der Waals surface area contributed by atoms with Crippen molar-refractivity contribution >= 4 is 27.3 Å². The highest BCUT2D eigenvalue weighted by atomic mass is 32.2. The lowest BCUT2D eigenvalue weighted by molar-refractivity contribution is -0.117. The van der Waals surface area contributed by atoms with E-state index in [0.717, 1.165) is 21.7 Å². The third-order valence-corrected chi connectivity index (χ3v) is 5.57. The lowest BCUT2D eigenvalue weighted by Crippen LogP contribution is -2.47. The van der Waals surface area contributed by atoms with E-state index in [-0.39, 0.29) is 5.91 Å². The monoisotopic (exact) mass is 390 g/mol. The van der Waals surface area contributed by atoms with E-state index in [4.69, 9.17) is 4.74 Å². The van der Waals surface area contributed by atoms with Gasteiger partial charge in [0.2, 0.25) is 15.9 Å². The molecule has 1 atom stereocenters. The lowest BCUT2D eigenvalue weighted by Gasteiger charge is -2.30. The molecule has 1 amide bonds. The zero-order valence-electron chi connectivity index (χ0n) is 16.3. The molecule has 0 aromatic heterocycles. The van der Waals surface area contributed by atoms with Gasteiger partial charge in [0.05, 0.1) is 19.1 Å². The molecule has 0 aliphatic rings. The summed E-state index contributed by atoms with van der Waals surface area (Å²) >= 11 is 0. The van der Waals surface area contributed by atoms with Crippen molar-refractivity contribution in [2.24, 2.45) is 0 Å². The van der Waals surface area contributed by atoms with Gasteiger partial charge in [-0.2, -0.15) is 0 Å². The number of benzene rings is 2. The van der Waals surface area contributed by atoms with E-state index in [1.807, 2.05) is 32.0 Å². The standard InChI is InChI=1S/C20H26N2O4S/c1-6-18(20(23)21-19-14(2)8-7-9-15(19)3)22(27(5,24)25)16-10-12-17(26-4)13-11-16/h7-13,18H,6H2,1-5H3,(H,21,23)/t18-/m0/s1. The van der Waals surface area contributed by atoms with E-state index in [2.05, 4.69) is 5.32 Å². The number of carbonyl (C=O) groups excluding carboxylic acids is 1. The predicted octanol–water partition coefficient (Wildman–Crippen LogP) is 3.50. The van der Waals surface area contributed by atoms with Crippen molar-refractivity contribution in [3.8, 4) is 5.75 Å². The van der Waals surface area contributed by atoms with Crippen molar-refractivity contribution in [1.82, 2.24) is 0 Å². The van der Waals surface area contributed by atoms with Crippen LogP contribution in [0.5, 0.6) is 5.75 Å². The van der Waals surface area contributed by atoms with Gasteiger partial charge in [-0.3, -0.25) is 9.10 Å². The lowest BCUT2D eigenvalue weighted by atomic mass is 10.1. The Bertz CT molecular complexity index is 888. The number of nitrogens with zero attached hydrogens (tertiary/aromatic N) is 1. The number of hydrogen-bond donors (Lipinski definition) is 1. The number of sulfonamides is 1. The van der Waals surface area contributed by atoms with Crippen molar-refractivity contribution in [2.45, 2.75) is 33.2 Å². The van der Waals surface area contributed by atoms with Crippen LogP contribution >= 0.6 is 0 Å². The molecule has 27 heavy (non-hydrogen) atoms. The highest BCUT2D eigenvalue weighted by molar-refractivity contribution is 7.92. The number of amides is 1. The molecule has 2 rings (SSSR count). The van der Waals surface area contributed by atoms with Gasteiger partial charge in [0.25, 0.3) is 0 Å². The maximum atomic E-state index is 13.0.